The lowest BCUT2D eigenvalue weighted by molar-refractivity contribution is -0.385. The van der Waals surface area contributed by atoms with Gasteiger partial charge in [0.2, 0.25) is 0 Å². The Bertz CT molecular complexity index is 1280. The molecule has 0 aromatic heterocycles. The number of hydrogen-bond acceptors (Lipinski definition) is 8. The molecule has 11 heteroatoms. The van der Waals surface area contributed by atoms with Crippen LogP contribution in [0.3, 0.4) is 0 Å². The molecule has 3 aromatic carbocycles. The molecule has 0 spiro atoms. The summed E-state index contributed by atoms with van der Waals surface area (Å²) in [4.78, 5) is 21.2. The van der Waals surface area contributed by atoms with Crippen LogP contribution in [-0.4, -0.2) is 28.5 Å². The fourth-order valence-electron chi connectivity index (χ4n) is 3.84. The first-order valence-corrected chi connectivity index (χ1v) is 12.2. The van der Waals surface area contributed by atoms with E-state index in [1.807, 2.05) is 30.3 Å². The summed E-state index contributed by atoms with van der Waals surface area (Å²) >= 11 is 0. The first-order chi connectivity index (χ1) is 16.3. The van der Waals surface area contributed by atoms with Crippen LogP contribution in [0.25, 0.3) is 0 Å². The number of hydrogen-bond donors (Lipinski definition) is 0. The van der Waals surface area contributed by atoms with Crippen LogP contribution < -0.4 is 5.01 Å². The fraction of sp³-hybridized carbons (Fsp3) is 0.174. The van der Waals surface area contributed by atoms with Gasteiger partial charge in [-0.2, -0.15) is 5.10 Å². The Labute approximate surface area is 195 Å². The van der Waals surface area contributed by atoms with Crippen molar-refractivity contribution in [3.63, 3.8) is 0 Å². The SMILES string of the molecule is CCOP1(=O)C(c2ccc([N+](=O)[O-])cc2)=NN(c2ccc([N+](=O)[O-])cc2)CC1c1ccccc1. The first-order valence-electron chi connectivity index (χ1n) is 10.5. The van der Waals surface area contributed by atoms with Gasteiger partial charge in [0.1, 0.15) is 0 Å². The lowest BCUT2D eigenvalue weighted by Crippen LogP contribution is -2.32. The first kappa shape index (κ1) is 23.3. The van der Waals surface area contributed by atoms with E-state index in [9.17, 15) is 24.8 Å². The largest absolute Gasteiger partial charge is 0.324 e. The third-order valence-corrected chi connectivity index (χ3v) is 8.33. The molecule has 0 bridgehead atoms. The molecule has 2 atom stereocenters. The molecule has 0 amide bonds. The van der Waals surface area contributed by atoms with Gasteiger partial charge >= 0.3 is 0 Å². The molecule has 1 aliphatic rings. The minimum Gasteiger partial charge on any atom is -0.324 e. The molecule has 0 radical (unpaired) electrons. The van der Waals surface area contributed by atoms with Gasteiger partial charge in [-0.05, 0) is 36.8 Å². The monoisotopic (exact) mass is 480 g/mol. The van der Waals surface area contributed by atoms with Crippen molar-refractivity contribution in [2.45, 2.75) is 12.6 Å². The summed E-state index contributed by atoms with van der Waals surface area (Å²) in [6, 6.07) is 20.9. The zero-order valence-corrected chi connectivity index (χ0v) is 19.1. The van der Waals surface area contributed by atoms with Crippen molar-refractivity contribution in [1.29, 1.82) is 0 Å². The average molecular weight is 480 g/mol. The minimum atomic E-state index is -3.57. The highest BCUT2D eigenvalue weighted by molar-refractivity contribution is 7.77. The Morgan fingerprint density at radius 1 is 0.941 bits per heavy atom. The maximum absolute atomic E-state index is 14.4. The number of nitro benzene ring substituents is 2. The third kappa shape index (κ3) is 4.46. The summed E-state index contributed by atoms with van der Waals surface area (Å²) in [5, 5.41) is 28.4. The highest BCUT2D eigenvalue weighted by Crippen LogP contribution is 2.64. The Balaban J connectivity index is 1.87. The van der Waals surface area contributed by atoms with Crippen LogP contribution in [0.5, 0.6) is 0 Å². The number of nitrogens with zero attached hydrogens (tertiary/aromatic N) is 4. The van der Waals surface area contributed by atoms with Gasteiger partial charge in [-0.1, -0.05) is 30.3 Å². The molecule has 3 aromatic rings. The van der Waals surface area contributed by atoms with Crippen molar-refractivity contribution in [1.82, 2.24) is 0 Å². The van der Waals surface area contributed by atoms with E-state index >= 15 is 0 Å². The molecule has 174 valence electrons. The van der Waals surface area contributed by atoms with Crippen LogP contribution in [0.2, 0.25) is 0 Å². The fourth-order valence-corrected chi connectivity index (χ4v) is 6.49. The second-order valence-electron chi connectivity index (χ2n) is 7.52. The second kappa shape index (κ2) is 9.54. The maximum Gasteiger partial charge on any atom is 0.269 e. The van der Waals surface area contributed by atoms with Crippen LogP contribution >= 0.6 is 7.37 Å². The smallest absolute Gasteiger partial charge is 0.269 e. The summed E-state index contributed by atoms with van der Waals surface area (Å²) in [7, 11) is -3.57. The van der Waals surface area contributed by atoms with Gasteiger partial charge in [-0.3, -0.25) is 29.8 Å². The summed E-state index contributed by atoms with van der Waals surface area (Å²) in [5.74, 6) is 0. The molecule has 10 nitrogen and oxygen atoms in total. The number of anilines is 1. The zero-order chi connectivity index (χ0) is 24.3. The minimum absolute atomic E-state index is 0.0556. The quantitative estimate of drug-likeness (QED) is 0.239. The van der Waals surface area contributed by atoms with Gasteiger partial charge in [0.15, 0.2) is 5.45 Å². The molecule has 0 saturated heterocycles. The summed E-state index contributed by atoms with van der Waals surface area (Å²) in [6.45, 7) is 2.15. The zero-order valence-electron chi connectivity index (χ0n) is 18.2. The number of hydrazone groups is 1. The van der Waals surface area contributed by atoms with Crippen molar-refractivity contribution < 1.29 is 18.9 Å². The van der Waals surface area contributed by atoms with Gasteiger partial charge in [0.25, 0.3) is 18.7 Å². The van der Waals surface area contributed by atoms with Crippen molar-refractivity contribution in [2.24, 2.45) is 5.10 Å². The molecule has 0 aliphatic carbocycles. The van der Waals surface area contributed by atoms with E-state index in [2.05, 4.69) is 5.10 Å². The Hall–Kier alpha value is -3.88. The topological polar surface area (TPSA) is 128 Å². The van der Waals surface area contributed by atoms with E-state index < -0.39 is 22.9 Å². The van der Waals surface area contributed by atoms with Gasteiger partial charge in [-0.25, -0.2) is 0 Å². The normalized spacial score (nSPS) is 20.0. The lowest BCUT2D eigenvalue weighted by atomic mass is 10.1. The predicted octanol–water partition coefficient (Wildman–Crippen LogP) is 5.74. The van der Waals surface area contributed by atoms with Crippen molar-refractivity contribution >= 4 is 29.9 Å². The number of nitro groups is 2. The molecule has 34 heavy (non-hydrogen) atoms. The Morgan fingerprint density at radius 3 is 2.03 bits per heavy atom. The van der Waals surface area contributed by atoms with Gasteiger partial charge in [0.05, 0.1) is 34.3 Å². The Morgan fingerprint density at radius 2 is 1.50 bits per heavy atom. The average Bonchev–Trinajstić information content (AvgIpc) is 2.85. The van der Waals surface area contributed by atoms with Crippen molar-refractivity contribution in [2.75, 3.05) is 18.2 Å². The number of rotatable bonds is 7. The molecule has 0 fully saturated rings. The molecule has 1 heterocycles. The van der Waals surface area contributed by atoms with E-state index in [0.29, 0.717) is 11.3 Å². The van der Waals surface area contributed by atoms with Gasteiger partial charge < -0.3 is 4.52 Å². The predicted molar refractivity (Wildman–Crippen MR) is 128 cm³/mol. The van der Waals surface area contributed by atoms with E-state index in [1.165, 1.54) is 36.4 Å². The number of benzene rings is 3. The highest BCUT2D eigenvalue weighted by Gasteiger charge is 2.46. The molecule has 1 aliphatic heterocycles. The third-order valence-electron chi connectivity index (χ3n) is 5.47. The van der Waals surface area contributed by atoms with Gasteiger partial charge in [-0.15, -0.1) is 0 Å². The van der Waals surface area contributed by atoms with Crippen LogP contribution in [0.15, 0.2) is 84.0 Å². The second-order valence-corrected chi connectivity index (χ2v) is 10.0. The lowest BCUT2D eigenvalue weighted by Gasteiger charge is -2.37. The Kier molecular flexibility index (Phi) is 6.54. The van der Waals surface area contributed by atoms with E-state index in [-0.39, 0.29) is 30.0 Å². The van der Waals surface area contributed by atoms with Crippen LogP contribution in [-0.2, 0) is 9.09 Å². The van der Waals surface area contributed by atoms with Crippen LogP contribution in [0, 0.1) is 20.2 Å². The maximum atomic E-state index is 14.4. The summed E-state index contributed by atoms with van der Waals surface area (Å²) < 4.78 is 20.3. The molecule has 4 rings (SSSR count). The van der Waals surface area contributed by atoms with E-state index in [1.54, 1.807) is 24.1 Å². The summed E-state index contributed by atoms with van der Waals surface area (Å²) in [5.41, 5.74) is 1.26. The van der Waals surface area contributed by atoms with E-state index in [0.717, 1.165) is 5.56 Å². The van der Waals surface area contributed by atoms with Gasteiger partial charge in [0, 0.05) is 29.8 Å². The van der Waals surface area contributed by atoms with Crippen molar-refractivity contribution in [3.8, 4) is 0 Å². The molecular formula is C23H21N4O6P. The highest BCUT2D eigenvalue weighted by atomic mass is 31.2. The van der Waals surface area contributed by atoms with Crippen molar-refractivity contribution in [3.05, 3.63) is 110 Å². The molecule has 2 unspecified atom stereocenters. The van der Waals surface area contributed by atoms with Crippen LogP contribution in [0.4, 0.5) is 17.1 Å². The standard InChI is InChI=1S/C23H21N4O6P/c1-2-33-34(32)22(17-6-4-3-5-7-17)16-25(19-12-14-21(15-13-19)27(30)31)24-23(34)18-8-10-20(11-9-18)26(28)29/h3-15,22H,2,16H2,1H3. The molecule has 0 N–H and O–H groups in total. The number of non-ortho nitro benzene ring substituents is 2. The molecular weight excluding hydrogens is 459 g/mol. The van der Waals surface area contributed by atoms with E-state index in [4.69, 9.17) is 4.52 Å². The molecule has 0 saturated carbocycles. The summed E-state index contributed by atoms with van der Waals surface area (Å²) in [6.07, 6.45) is 0. The van der Waals surface area contributed by atoms with Crippen LogP contribution in [0.1, 0.15) is 23.7 Å².